The normalized spacial score (nSPS) is 11.8. The van der Waals surface area contributed by atoms with E-state index in [2.05, 4.69) is 40.9 Å². The van der Waals surface area contributed by atoms with Crippen molar-refractivity contribution in [3.8, 4) is 0 Å². The molecule has 0 aromatic heterocycles. The summed E-state index contributed by atoms with van der Waals surface area (Å²) in [6.07, 6.45) is 0. The second kappa shape index (κ2) is 15.2. The van der Waals surface area contributed by atoms with Crippen LogP contribution >= 0.6 is 0 Å². The van der Waals surface area contributed by atoms with Gasteiger partial charge in [-0.25, -0.2) is 27.1 Å². The maximum atomic E-state index is 10.8. The number of nitrogens with two attached hydrogens (primary N) is 2. The van der Waals surface area contributed by atoms with Crippen LogP contribution in [-0.2, 0) is 39.4 Å². The van der Waals surface area contributed by atoms with Gasteiger partial charge in [-0.3, -0.25) is 19.4 Å². The summed E-state index contributed by atoms with van der Waals surface area (Å²) in [5, 5.41) is 7.32. The summed E-state index contributed by atoms with van der Waals surface area (Å²) in [4.78, 5) is 16.9. The molecule has 26 heavy (non-hydrogen) atoms. The number of hydrogen-bond donors (Lipinski definition) is 4. The van der Waals surface area contributed by atoms with E-state index in [1.807, 2.05) is 0 Å². The molecule has 0 amide bonds. The van der Waals surface area contributed by atoms with Crippen LogP contribution in [0.1, 0.15) is 0 Å². The van der Waals surface area contributed by atoms with Crippen molar-refractivity contribution in [2.45, 2.75) is 11.0 Å². The Balaban J connectivity index is -0.000000127. The number of nitrogens with one attached hydrogen (secondary N) is 2. The summed E-state index contributed by atoms with van der Waals surface area (Å²) in [6, 6.07) is 0. The van der Waals surface area contributed by atoms with Crippen LogP contribution in [0.25, 0.3) is 0 Å². The number of halogens is 6. The lowest BCUT2D eigenvalue weighted by atomic mass is 11.6. The largest absolute Gasteiger partial charge is 0.511 e. The molecule has 6 N–H and O–H groups in total. The van der Waals surface area contributed by atoms with Gasteiger partial charge in [-0.2, -0.15) is 26.3 Å². The average Bonchev–Trinajstić information content (AvgIpc) is 2.38. The molecule has 0 rings (SSSR count). The van der Waals surface area contributed by atoms with Crippen LogP contribution < -0.4 is 21.6 Å². The number of primary sulfonamides is 2. The molecular weight excluding hydrogens is 434 g/mol. The lowest BCUT2D eigenvalue weighted by Gasteiger charge is -1.98. The first-order valence-corrected chi connectivity index (χ1v) is 8.22. The SMILES string of the molecule is CONOC.CONOC.NS(=O)(=O)C(F)(F)F.NS(=O)(=O)C(F)(F)F. The van der Waals surface area contributed by atoms with Gasteiger partial charge in [0.15, 0.2) is 0 Å². The Morgan fingerprint density at radius 2 is 0.731 bits per heavy atom. The molecule has 12 nitrogen and oxygen atoms in total. The maximum Gasteiger partial charge on any atom is 0.511 e. The first kappa shape index (κ1) is 32.8. The first-order valence-electron chi connectivity index (χ1n) is 5.13. The highest BCUT2D eigenvalue weighted by Crippen LogP contribution is 2.19. The van der Waals surface area contributed by atoms with E-state index in [9.17, 15) is 43.2 Å². The van der Waals surface area contributed by atoms with E-state index in [4.69, 9.17) is 0 Å². The molecule has 0 aliphatic heterocycles. The van der Waals surface area contributed by atoms with Crippen molar-refractivity contribution >= 4 is 20.0 Å². The highest BCUT2D eigenvalue weighted by atomic mass is 32.2. The van der Waals surface area contributed by atoms with Crippen molar-refractivity contribution in [3.05, 3.63) is 0 Å². The van der Waals surface area contributed by atoms with Gasteiger partial charge < -0.3 is 0 Å². The van der Waals surface area contributed by atoms with Crippen LogP contribution in [0.4, 0.5) is 26.3 Å². The molecule has 0 unspecified atom stereocenters. The Labute approximate surface area is 144 Å². The van der Waals surface area contributed by atoms with Gasteiger partial charge in [0.05, 0.1) is 28.4 Å². The maximum absolute atomic E-state index is 10.8. The predicted molar refractivity (Wildman–Crippen MR) is 72.6 cm³/mol. The van der Waals surface area contributed by atoms with Gasteiger partial charge in [-0.15, -0.1) is 0 Å². The molecule has 0 aliphatic rings. The minimum atomic E-state index is -5.34. The highest BCUT2D eigenvalue weighted by Gasteiger charge is 2.43. The smallest absolute Gasteiger partial charge is 0.280 e. The van der Waals surface area contributed by atoms with E-state index < -0.39 is 31.1 Å². The van der Waals surface area contributed by atoms with Gasteiger partial charge >= 0.3 is 31.1 Å². The number of sulfonamides is 2. The zero-order chi connectivity index (χ0) is 22.2. The van der Waals surface area contributed by atoms with Crippen molar-refractivity contribution in [1.82, 2.24) is 11.3 Å². The Bertz CT molecular complexity index is 470. The number of alkyl halides is 6. The fourth-order valence-corrected chi connectivity index (χ4v) is 0.167. The second-order valence-corrected chi connectivity index (χ2v) is 6.07. The summed E-state index contributed by atoms with van der Waals surface area (Å²) in [6.45, 7) is 0. The molecule has 0 aromatic rings. The predicted octanol–water partition coefficient (Wildman–Crippen LogP) is -1.01. The van der Waals surface area contributed by atoms with E-state index in [-0.39, 0.29) is 0 Å². The molecule has 0 aliphatic carbocycles. The molecule has 0 bridgehead atoms. The lowest BCUT2D eigenvalue weighted by Crippen LogP contribution is -2.30. The van der Waals surface area contributed by atoms with Crippen LogP contribution in [0.15, 0.2) is 0 Å². The molecule has 0 saturated heterocycles. The standard InChI is InChI=1S/2C2H7NO2.2CH2F3NO2S/c2*1-4-3-5-2;2*2-1(3,4)8(5,6)7/h2*3H,1-2H3;2*(H2,5,6,7). The van der Waals surface area contributed by atoms with Gasteiger partial charge in [-0.05, 0) is 0 Å². The first-order chi connectivity index (χ1) is 11.3. The van der Waals surface area contributed by atoms with Gasteiger partial charge in [0.25, 0.3) is 0 Å². The fourth-order valence-electron chi connectivity index (χ4n) is 0.167. The van der Waals surface area contributed by atoms with Gasteiger partial charge in [-0.1, -0.05) is 11.3 Å². The van der Waals surface area contributed by atoms with Crippen molar-refractivity contribution in [2.24, 2.45) is 10.3 Å². The topological polar surface area (TPSA) is 181 Å². The Morgan fingerprint density at radius 3 is 0.731 bits per heavy atom. The Kier molecular flexibility index (Phi) is 19.2. The molecule has 164 valence electrons. The van der Waals surface area contributed by atoms with Gasteiger partial charge in [0.2, 0.25) is 0 Å². The van der Waals surface area contributed by atoms with Gasteiger partial charge in [0.1, 0.15) is 0 Å². The van der Waals surface area contributed by atoms with E-state index in [0.29, 0.717) is 0 Å². The van der Waals surface area contributed by atoms with Crippen LogP contribution in [0.2, 0.25) is 0 Å². The van der Waals surface area contributed by atoms with E-state index in [1.54, 1.807) is 0 Å². The zero-order valence-electron chi connectivity index (χ0n) is 13.5. The summed E-state index contributed by atoms with van der Waals surface area (Å²) in [7, 11) is -4.78. The Morgan fingerprint density at radius 1 is 0.615 bits per heavy atom. The molecule has 0 aromatic carbocycles. The third-order valence-corrected chi connectivity index (χ3v) is 2.27. The zero-order valence-corrected chi connectivity index (χ0v) is 15.1. The van der Waals surface area contributed by atoms with Crippen LogP contribution in [0.3, 0.4) is 0 Å². The van der Waals surface area contributed by atoms with E-state index >= 15 is 0 Å². The third-order valence-electron chi connectivity index (χ3n) is 0.979. The quantitative estimate of drug-likeness (QED) is 0.305. The van der Waals surface area contributed by atoms with Crippen LogP contribution in [0, 0.1) is 0 Å². The van der Waals surface area contributed by atoms with E-state index in [1.165, 1.54) is 28.4 Å². The molecule has 0 saturated carbocycles. The summed E-state index contributed by atoms with van der Waals surface area (Å²) >= 11 is 0. The molecular formula is C6H18F6N4O8S2. The second-order valence-electron chi connectivity index (χ2n) is 2.96. The number of hydrogen-bond acceptors (Lipinski definition) is 10. The van der Waals surface area contributed by atoms with Crippen molar-refractivity contribution in [3.63, 3.8) is 0 Å². The molecule has 0 radical (unpaired) electrons. The molecule has 20 heteroatoms. The average molecular weight is 452 g/mol. The van der Waals surface area contributed by atoms with E-state index in [0.717, 1.165) is 0 Å². The molecule has 0 fully saturated rings. The summed E-state index contributed by atoms with van der Waals surface area (Å²) in [5.41, 5.74) is -6.40. The van der Waals surface area contributed by atoms with Crippen molar-refractivity contribution in [2.75, 3.05) is 28.4 Å². The fraction of sp³-hybridized carbons (Fsp3) is 1.00. The van der Waals surface area contributed by atoms with Crippen LogP contribution in [-0.4, -0.2) is 56.3 Å². The lowest BCUT2D eigenvalue weighted by molar-refractivity contribution is -0.130. The van der Waals surface area contributed by atoms with Gasteiger partial charge in [0, 0.05) is 0 Å². The monoisotopic (exact) mass is 452 g/mol. The van der Waals surface area contributed by atoms with Crippen molar-refractivity contribution < 1.29 is 62.5 Å². The minimum Gasteiger partial charge on any atom is -0.280 e. The van der Waals surface area contributed by atoms with Crippen LogP contribution in [0.5, 0.6) is 0 Å². The highest BCUT2D eigenvalue weighted by molar-refractivity contribution is 7.90. The summed E-state index contributed by atoms with van der Waals surface area (Å²) in [5.74, 6) is 0. The minimum absolute atomic E-state index is 1.48. The van der Waals surface area contributed by atoms with Crippen molar-refractivity contribution in [1.29, 1.82) is 0 Å². The summed E-state index contributed by atoms with van der Waals surface area (Å²) < 4.78 is 102. The Hall–Kier alpha value is -0.840. The number of rotatable bonds is 4. The molecule has 0 atom stereocenters. The molecule has 0 spiro atoms. The molecule has 0 heterocycles. The third kappa shape index (κ3) is 25.4.